The van der Waals surface area contributed by atoms with E-state index in [0.717, 1.165) is 36.0 Å². The Bertz CT molecular complexity index is 624. The molecule has 0 saturated heterocycles. The number of nitrogens with zero attached hydrogens (tertiary/aromatic N) is 2. The summed E-state index contributed by atoms with van der Waals surface area (Å²) in [6, 6.07) is 7.81. The zero-order chi connectivity index (χ0) is 13.9. The maximum atomic E-state index is 11.2. The lowest BCUT2D eigenvalue weighted by atomic mass is 9.96. The van der Waals surface area contributed by atoms with Crippen molar-refractivity contribution in [2.75, 3.05) is 11.9 Å². The molecule has 0 spiro atoms. The third-order valence-electron chi connectivity index (χ3n) is 4.05. The van der Waals surface area contributed by atoms with Crippen molar-refractivity contribution in [3.8, 4) is 0 Å². The highest BCUT2D eigenvalue weighted by atomic mass is 16.4. The Kier molecular flexibility index (Phi) is 3.50. The van der Waals surface area contributed by atoms with Crippen molar-refractivity contribution in [3.63, 3.8) is 0 Å². The second-order valence-corrected chi connectivity index (χ2v) is 5.26. The molecule has 1 aromatic carbocycles. The fourth-order valence-electron chi connectivity index (χ4n) is 2.98. The van der Waals surface area contributed by atoms with Crippen LogP contribution in [0.2, 0.25) is 0 Å². The Morgan fingerprint density at radius 1 is 1.30 bits per heavy atom. The normalized spacial score (nSPS) is 22.0. The summed E-state index contributed by atoms with van der Waals surface area (Å²) in [7, 11) is 0. The Balaban J connectivity index is 1.76. The molecule has 5 heteroatoms. The lowest BCUT2D eigenvalue weighted by Gasteiger charge is -2.17. The topological polar surface area (TPSA) is 75.1 Å². The van der Waals surface area contributed by atoms with E-state index in [1.54, 1.807) is 0 Å². The lowest BCUT2D eigenvalue weighted by Crippen LogP contribution is -2.24. The van der Waals surface area contributed by atoms with E-state index in [2.05, 4.69) is 15.3 Å². The average molecular weight is 271 g/mol. The van der Waals surface area contributed by atoms with Crippen LogP contribution in [-0.4, -0.2) is 27.6 Å². The van der Waals surface area contributed by atoms with Crippen molar-refractivity contribution in [2.45, 2.75) is 19.3 Å². The van der Waals surface area contributed by atoms with Crippen molar-refractivity contribution in [1.29, 1.82) is 0 Å². The van der Waals surface area contributed by atoms with Gasteiger partial charge in [-0.3, -0.25) is 4.79 Å². The number of nitrogens with one attached hydrogen (secondary N) is 1. The number of benzene rings is 1. The Labute approximate surface area is 117 Å². The largest absolute Gasteiger partial charge is 0.481 e. The van der Waals surface area contributed by atoms with Crippen LogP contribution in [0.3, 0.4) is 0 Å². The van der Waals surface area contributed by atoms with Gasteiger partial charge in [0.15, 0.2) is 0 Å². The molecule has 0 aliphatic heterocycles. The van der Waals surface area contributed by atoms with Gasteiger partial charge in [0.05, 0.1) is 11.4 Å². The van der Waals surface area contributed by atoms with Gasteiger partial charge < -0.3 is 10.4 Å². The third-order valence-corrected chi connectivity index (χ3v) is 4.05. The summed E-state index contributed by atoms with van der Waals surface area (Å²) in [6.45, 7) is 0.651. The molecule has 1 saturated carbocycles. The van der Waals surface area contributed by atoms with Crippen LogP contribution in [0.5, 0.6) is 0 Å². The first-order valence-electron chi connectivity index (χ1n) is 6.92. The van der Waals surface area contributed by atoms with Crippen molar-refractivity contribution in [3.05, 3.63) is 30.6 Å². The molecule has 0 amide bonds. The smallest absolute Gasteiger partial charge is 0.306 e. The van der Waals surface area contributed by atoms with Crippen molar-refractivity contribution in [1.82, 2.24) is 9.97 Å². The number of aliphatic carboxylic acids is 1. The van der Waals surface area contributed by atoms with Crippen LogP contribution in [0.4, 0.5) is 5.82 Å². The zero-order valence-corrected chi connectivity index (χ0v) is 11.1. The number of hydrogen-bond donors (Lipinski definition) is 2. The number of carbonyl (C=O) groups is 1. The van der Waals surface area contributed by atoms with E-state index in [-0.39, 0.29) is 11.8 Å². The van der Waals surface area contributed by atoms with E-state index in [9.17, 15) is 9.90 Å². The number of carboxylic acid groups (broad SMARTS) is 1. The number of anilines is 1. The van der Waals surface area contributed by atoms with Crippen molar-refractivity contribution in [2.24, 2.45) is 11.8 Å². The third kappa shape index (κ3) is 2.43. The molecule has 1 fully saturated rings. The summed E-state index contributed by atoms with van der Waals surface area (Å²) >= 11 is 0. The monoisotopic (exact) mass is 271 g/mol. The highest BCUT2D eigenvalue weighted by Gasteiger charge is 2.32. The van der Waals surface area contributed by atoms with Crippen LogP contribution >= 0.6 is 0 Å². The molecule has 2 unspecified atom stereocenters. The minimum absolute atomic E-state index is 0.182. The Hall–Kier alpha value is -2.17. The van der Waals surface area contributed by atoms with E-state index < -0.39 is 5.97 Å². The summed E-state index contributed by atoms with van der Waals surface area (Å²) in [5, 5.41) is 13.5. The molecular formula is C15H17N3O2. The highest BCUT2D eigenvalue weighted by Crippen LogP contribution is 2.32. The molecule has 3 rings (SSSR count). The van der Waals surface area contributed by atoms with Gasteiger partial charge in [-0.15, -0.1) is 0 Å². The molecule has 5 nitrogen and oxygen atoms in total. The van der Waals surface area contributed by atoms with E-state index in [1.165, 1.54) is 6.33 Å². The number of carboxylic acids is 1. The molecule has 1 aromatic heterocycles. The fourth-order valence-corrected chi connectivity index (χ4v) is 2.98. The second-order valence-electron chi connectivity index (χ2n) is 5.26. The highest BCUT2D eigenvalue weighted by molar-refractivity contribution is 5.88. The number of fused-ring (bicyclic) bond motifs is 1. The molecule has 1 heterocycles. The van der Waals surface area contributed by atoms with Crippen LogP contribution in [0.15, 0.2) is 30.6 Å². The molecule has 2 aromatic rings. The van der Waals surface area contributed by atoms with Gasteiger partial charge in [-0.2, -0.15) is 0 Å². The lowest BCUT2D eigenvalue weighted by molar-refractivity contribution is -0.142. The molecule has 0 bridgehead atoms. The Morgan fingerprint density at radius 3 is 3.00 bits per heavy atom. The van der Waals surface area contributed by atoms with E-state index in [0.29, 0.717) is 6.54 Å². The number of para-hydroxylation sites is 1. The summed E-state index contributed by atoms with van der Waals surface area (Å²) < 4.78 is 0. The van der Waals surface area contributed by atoms with Gasteiger partial charge in [0, 0.05) is 11.9 Å². The van der Waals surface area contributed by atoms with Gasteiger partial charge in [-0.25, -0.2) is 9.97 Å². The SMILES string of the molecule is O=C(O)C1CCCC1CNc1ncnc2ccccc12. The first-order valence-corrected chi connectivity index (χ1v) is 6.92. The maximum Gasteiger partial charge on any atom is 0.306 e. The second kappa shape index (κ2) is 5.45. The minimum Gasteiger partial charge on any atom is -0.481 e. The first kappa shape index (κ1) is 12.8. The van der Waals surface area contributed by atoms with Crippen LogP contribution in [0.25, 0.3) is 10.9 Å². The van der Waals surface area contributed by atoms with E-state index in [4.69, 9.17) is 0 Å². The van der Waals surface area contributed by atoms with Crippen LogP contribution in [-0.2, 0) is 4.79 Å². The first-order chi connectivity index (χ1) is 9.75. The molecule has 2 N–H and O–H groups in total. The van der Waals surface area contributed by atoms with Crippen molar-refractivity contribution < 1.29 is 9.90 Å². The predicted octanol–water partition coefficient (Wildman–Crippen LogP) is 2.54. The van der Waals surface area contributed by atoms with E-state index >= 15 is 0 Å². The number of aromatic nitrogens is 2. The maximum absolute atomic E-state index is 11.2. The molecule has 20 heavy (non-hydrogen) atoms. The van der Waals surface area contributed by atoms with Crippen LogP contribution < -0.4 is 5.32 Å². The van der Waals surface area contributed by atoms with Crippen LogP contribution in [0.1, 0.15) is 19.3 Å². The number of rotatable bonds is 4. The summed E-state index contributed by atoms with van der Waals surface area (Å²) in [6.07, 6.45) is 4.28. The van der Waals surface area contributed by atoms with Gasteiger partial charge in [-0.05, 0) is 30.9 Å². The van der Waals surface area contributed by atoms with Gasteiger partial charge in [0.1, 0.15) is 12.1 Å². The zero-order valence-electron chi connectivity index (χ0n) is 11.1. The van der Waals surface area contributed by atoms with Gasteiger partial charge in [-0.1, -0.05) is 18.6 Å². The number of hydrogen-bond acceptors (Lipinski definition) is 4. The average Bonchev–Trinajstić information content (AvgIpc) is 2.93. The van der Waals surface area contributed by atoms with Crippen molar-refractivity contribution >= 4 is 22.7 Å². The predicted molar refractivity (Wildman–Crippen MR) is 76.5 cm³/mol. The molecule has 2 atom stereocenters. The Morgan fingerprint density at radius 2 is 2.15 bits per heavy atom. The molecule has 0 radical (unpaired) electrons. The molecule has 104 valence electrons. The van der Waals surface area contributed by atoms with E-state index in [1.807, 2.05) is 24.3 Å². The fraction of sp³-hybridized carbons (Fsp3) is 0.400. The summed E-state index contributed by atoms with van der Waals surface area (Å²) in [5.41, 5.74) is 0.895. The molecule has 1 aliphatic rings. The minimum atomic E-state index is -0.679. The molecule has 1 aliphatic carbocycles. The standard InChI is InChI=1S/C15H17N3O2/c19-15(20)11-6-3-4-10(11)8-16-14-12-5-1-2-7-13(12)17-9-18-14/h1-2,5,7,9-11H,3-4,6,8H2,(H,19,20)(H,16,17,18). The van der Waals surface area contributed by atoms with Gasteiger partial charge in [0.2, 0.25) is 0 Å². The van der Waals surface area contributed by atoms with Crippen LogP contribution in [0, 0.1) is 11.8 Å². The molecular weight excluding hydrogens is 254 g/mol. The van der Waals surface area contributed by atoms with Gasteiger partial charge >= 0.3 is 5.97 Å². The summed E-state index contributed by atoms with van der Waals surface area (Å²) in [4.78, 5) is 19.7. The quantitative estimate of drug-likeness (QED) is 0.893. The summed E-state index contributed by atoms with van der Waals surface area (Å²) in [5.74, 6) is 0.0605. The van der Waals surface area contributed by atoms with Gasteiger partial charge in [0.25, 0.3) is 0 Å².